The second-order valence-electron chi connectivity index (χ2n) is 6.42. The molecule has 1 saturated heterocycles. The summed E-state index contributed by atoms with van der Waals surface area (Å²) in [6, 6.07) is 14.9. The average molecular weight is 434 g/mol. The third kappa shape index (κ3) is 4.15. The average Bonchev–Trinajstić information content (AvgIpc) is 2.62. The van der Waals surface area contributed by atoms with Crippen molar-refractivity contribution in [3.05, 3.63) is 63.6 Å². The maximum atomic E-state index is 12.9. The van der Waals surface area contributed by atoms with Crippen molar-refractivity contribution >= 4 is 26.0 Å². The fraction of sp³-hybridized carbons (Fsp3) is 0.316. The Morgan fingerprint density at radius 1 is 1.08 bits per heavy atom. The topological polar surface area (TPSA) is 64.4 Å². The molecule has 0 bridgehead atoms. The van der Waals surface area contributed by atoms with Gasteiger partial charge in [0, 0.05) is 37.2 Å². The van der Waals surface area contributed by atoms with E-state index >= 15 is 0 Å². The number of aryl methyl sites for hydroxylation is 1. The van der Waals surface area contributed by atoms with Crippen LogP contribution >= 0.6 is 15.9 Å². The molecule has 0 aliphatic carbocycles. The molecule has 0 saturated carbocycles. The van der Waals surface area contributed by atoms with E-state index in [0.717, 1.165) is 17.7 Å². The molecular formula is C19H20BrN3O2S. The lowest BCUT2D eigenvalue weighted by Gasteiger charge is -2.34. The van der Waals surface area contributed by atoms with E-state index in [1.54, 1.807) is 10.4 Å². The number of hydrogen-bond donors (Lipinski definition) is 0. The van der Waals surface area contributed by atoms with Crippen LogP contribution < -0.4 is 0 Å². The lowest BCUT2D eigenvalue weighted by atomic mass is 10.1. The zero-order valence-electron chi connectivity index (χ0n) is 14.5. The molecule has 1 aliphatic heterocycles. The van der Waals surface area contributed by atoms with Crippen LogP contribution in [0.3, 0.4) is 0 Å². The standard InChI is InChI=1S/C19H20BrN3O2S/c1-15-2-7-19(18(20)12-15)26(24,25)23-10-8-22(9-11-23)14-17-5-3-16(13-21)4-6-17/h2-7,12H,8-11,14H2,1H3. The smallest absolute Gasteiger partial charge is 0.244 e. The van der Waals surface area contributed by atoms with E-state index in [0.29, 0.717) is 41.1 Å². The molecule has 0 spiro atoms. The van der Waals surface area contributed by atoms with Crippen molar-refractivity contribution in [2.75, 3.05) is 26.2 Å². The highest BCUT2D eigenvalue weighted by molar-refractivity contribution is 9.10. The minimum atomic E-state index is -3.49. The largest absolute Gasteiger partial charge is 0.296 e. The normalized spacial score (nSPS) is 16.3. The lowest BCUT2D eigenvalue weighted by molar-refractivity contribution is 0.181. The predicted molar refractivity (Wildman–Crippen MR) is 104 cm³/mol. The van der Waals surface area contributed by atoms with E-state index in [4.69, 9.17) is 5.26 Å². The van der Waals surface area contributed by atoms with Gasteiger partial charge in [-0.05, 0) is 58.2 Å². The maximum absolute atomic E-state index is 12.9. The number of hydrogen-bond acceptors (Lipinski definition) is 4. The molecule has 3 rings (SSSR count). The SMILES string of the molecule is Cc1ccc(S(=O)(=O)N2CCN(Cc3ccc(C#N)cc3)CC2)c(Br)c1. The van der Waals surface area contributed by atoms with Gasteiger partial charge >= 0.3 is 0 Å². The molecule has 1 aliphatic rings. The van der Waals surface area contributed by atoms with Gasteiger partial charge in [0.05, 0.1) is 16.5 Å². The summed E-state index contributed by atoms with van der Waals surface area (Å²) in [7, 11) is -3.49. The third-order valence-corrected chi connectivity index (χ3v) is 7.40. The molecule has 5 nitrogen and oxygen atoms in total. The fourth-order valence-electron chi connectivity index (χ4n) is 3.03. The van der Waals surface area contributed by atoms with Gasteiger partial charge in [0.2, 0.25) is 10.0 Å². The number of halogens is 1. The molecule has 0 unspecified atom stereocenters. The second-order valence-corrected chi connectivity index (χ2v) is 9.18. The van der Waals surface area contributed by atoms with Gasteiger partial charge < -0.3 is 0 Å². The van der Waals surface area contributed by atoms with Crippen LogP contribution in [0, 0.1) is 18.3 Å². The third-order valence-electron chi connectivity index (χ3n) is 4.53. The zero-order valence-corrected chi connectivity index (χ0v) is 16.9. The highest BCUT2D eigenvalue weighted by atomic mass is 79.9. The monoisotopic (exact) mass is 433 g/mol. The summed E-state index contributed by atoms with van der Waals surface area (Å²) in [6.07, 6.45) is 0. The Labute approximate surface area is 163 Å². The maximum Gasteiger partial charge on any atom is 0.244 e. The Balaban J connectivity index is 1.64. The number of benzene rings is 2. The number of nitrogens with zero attached hydrogens (tertiary/aromatic N) is 3. The molecule has 1 fully saturated rings. The van der Waals surface area contributed by atoms with Gasteiger partial charge in [0.15, 0.2) is 0 Å². The van der Waals surface area contributed by atoms with E-state index in [1.807, 2.05) is 43.3 Å². The summed E-state index contributed by atoms with van der Waals surface area (Å²) >= 11 is 3.38. The van der Waals surface area contributed by atoms with Gasteiger partial charge in [0.25, 0.3) is 0 Å². The van der Waals surface area contributed by atoms with Crippen molar-refractivity contribution in [1.29, 1.82) is 5.26 Å². The highest BCUT2D eigenvalue weighted by Gasteiger charge is 2.29. The molecule has 0 radical (unpaired) electrons. The fourth-order valence-corrected chi connectivity index (χ4v) is 5.60. The van der Waals surface area contributed by atoms with Gasteiger partial charge in [-0.1, -0.05) is 18.2 Å². The number of nitriles is 1. The molecule has 0 N–H and O–H groups in total. The Bertz CT molecular complexity index is 928. The molecule has 136 valence electrons. The minimum absolute atomic E-state index is 0.323. The van der Waals surface area contributed by atoms with Crippen LogP contribution in [-0.4, -0.2) is 43.8 Å². The summed E-state index contributed by atoms with van der Waals surface area (Å²) in [5.74, 6) is 0. The van der Waals surface area contributed by atoms with Crippen LogP contribution in [0.2, 0.25) is 0 Å². The molecule has 7 heteroatoms. The van der Waals surface area contributed by atoms with Crippen molar-refractivity contribution in [1.82, 2.24) is 9.21 Å². The summed E-state index contributed by atoms with van der Waals surface area (Å²) in [6.45, 7) is 5.00. The first-order valence-electron chi connectivity index (χ1n) is 8.38. The van der Waals surface area contributed by atoms with Crippen LogP contribution in [0.4, 0.5) is 0 Å². The van der Waals surface area contributed by atoms with E-state index in [1.165, 1.54) is 0 Å². The number of rotatable bonds is 4. The summed E-state index contributed by atoms with van der Waals surface area (Å²) < 4.78 is 28.0. The van der Waals surface area contributed by atoms with Crippen LogP contribution in [0.15, 0.2) is 51.8 Å². The van der Waals surface area contributed by atoms with E-state index in [2.05, 4.69) is 26.9 Å². The van der Waals surface area contributed by atoms with Crippen molar-refractivity contribution < 1.29 is 8.42 Å². The number of sulfonamides is 1. The van der Waals surface area contributed by atoms with Crippen LogP contribution in [-0.2, 0) is 16.6 Å². The van der Waals surface area contributed by atoms with Gasteiger partial charge in [-0.3, -0.25) is 4.90 Å². The lowest BCUT2D eigenvalue weighted by Crippen LogP contribution is -2.48. The first kappa shape index (κ1) is 19.1. The highest BCUT2D eigenvalue weighted by Crippen LogP contribution is 2.27. The summed E-state index contributed by atoms with van der Waals surface area (Å²) in [5.41, 5.74) is 2.79. The zero-order chi connectivity index (χ0) is 18.7. The van der Waals surface area contributed by atoms with Crippen LogP contribution in [0.1, 0.15) is 16.7 Å². The van der Waals surface area contributed by atoms with Crippen LogP contribution in [0.5, 0.6) is 0 Å². The van der Waals surface area contributed by atoms with E-state index in [9.17, 15) is 8.42 Å². The quantitative estimate of drug-likeness (QED) is 0.742. The summed E-state index contributed by atoms with van der Waals surface area (Å²) in [5, 5.41) is 8.86. The Kier molecular flexibility index (Phi) is 5.78. The number of piperazine rings is 1. The van der Waals surface area contributed by atoms with Crippen molar-refractivity contribution in [3.8, 4) is 6.07 Å². The predicted octanol–water partition coefficient (Wildman–Crippen LogP) is 3.14. The van der Waals surface area contributed by atoms with Crippen molar-refractivity contribution in [2.24, 2.45) is 0 Å². The molecule has 2 aromatic carbocycles. The Morgan fingerprint density at radius 3 is 2.31 bits per heavy atom. The van der Waals surface area contributed by atoms with Crippen molar-refractivity contribution in [2.45, 2.75) is 18.4 Å². The summed E-state index contributed by atoms with van der Waals surface area (Å²) in [4.78, 5) is 2.56. The molecular weight excluding hydrogens is 414 g/mol. The molecule has 26 heavy (non-hydrogen) atoms. The van der Waals surface area contributed by atoms with Crippen molar-refractivity contribution in [3.63, 3.8) is 0 Å². The van der Waals surface area contributed by atoms with Gasteiger partial charge in [-0.25, -0.2) is 8.42 Å². The molecule has 2 aromatic rings. The first-order chi connectivity index (χ1) is 12.4. The van der Waals surface area contributed by atoms with Gasteiger partial charge in [-0.15, -0.1) is 0 Å². The Hall–Kier alpha value is -1.72. The molecule has 0 atom stereocenters. The van der Waals surface area contributed by atoms with Gasteiger partial charge in [-0.2, -0.15) is 9.57 Å². The van der Waals surface area contributed by atoms with E-state index < -0.39 is 10.0 Å². The van der Waals surface area contributed by atoms with E-state index in [-0.39, 0.29) is 0 Å². The molecule has 1 heterocycles. The second kappa shape index (κ2) is 7.89. The van der Waals surface area contributed by atoms with Crippen LogP contribution in [0.25, 0.3) is 0 Å². The molecule has 0 aromatic heterocycles. The van der Waals surface area contributed by atoms with Gasteiger partial charge in [0.1, 0.15) is 0 Å². The first-order valence-corrected chi connectivity index (χ1v) is 10.6. The minimum Gasteiger partial charge on any atom is -0.296 e. The molecule has 0 amide bonds. The Morgan fingerprint density at radius 2 is 1.73 bits per heavy atom.